The van der Waals surface area contributed by atoms with Crippen LogP contribution in [0, 0.1) is 5.82 Å². The molecule has 0 radical (unpaired) electrons. The summed E-state index contributed by atoms with van der Waals surface area (Å²) in [6, 6.07) is 6.26. The smallest absolute Gasteiger partial charge is 0.223 e. The minimum absolute atomic E-state index is 0.0830. The molecule has 1 fully saturated rings. The fourth-order valence-electron chi connectivity index (χ4n) is 1.08. The summed E-state index contributed by atoms with van der Waals surface area (Å²) in [7, 11) is 0. The maximum atomic E-state index is 12.5. The normalized spacial score (nSPS) is 20.7. The Morgan fingerprint density at radius 3 is 2.54 bits per heavy atom. The molecule has 1 amide bonds. The summed E-state index contributed by atoms with van der Waals surface area (Å²) in [5.74, 6) is -0.151. The minimum Gasteiger partial charge on any atom is -0.343 e. The van der Waals surface area contributed by atoms with Crippen molar-refractivity contribution in [2.75, 3.05) is 0 Å². The first-order chi connectivity index (χ1) is 6.24. The fraction of sp³-hybridized carbons (Fsp3) is 0.222. The summed E-state index contributed by atoms with van der Waals surface area (Å²) in [4.78, 5) is 11.5. The number of thioether (sulfide) groups is 1. The van der Waals surface area contributed by atoms with Gasteiger partial charge in [0.2, 0.25) is 5.91 Å². The van der Waals surface area contributed by atoms with Gasteiger partial charge in [0, 0.05) is 4.90 Å². The molecule has 1 aliphatic heterocycles. The molecular weight excluding hydrogens is 189 g/mol. The molecule has 0 spiro atoms. The number of hydrogen-bond acceptors (Lipinski definition) is 2. The van der Waals surface area contributed by atoms with E-state index in [9.17, 15) is 9.18 Å². The molecule has 0 bridgehead atoms. The predicted molar refractivity (Wildman–Crippen MR) is 48.8 cm³/mol. The highest BCUT2D eigenvalue weighted by atomic mass is 32.2. The van der Waals surface area contributed by atoms with Crippen molar-refractivity contribution in [3.63, 3.8) is 0 Å². The van der Waals surface area contributed by atoms with Gasteiger partial charge in [-0.05, 0) is 24.3 Å². The standard InChI is InChI=1S/C9H8FNOS/c10-6-1-3-7(4-2-6)13-9-5-8(12)11-9/h1-4,9H,5H2,(H,11,12). The van der Waals surface area contributed by atoms with Crippen LogP contribution in [0.2, 0.25) is 0 Å². The van der Waals surface area contributed by atoms with Crippen LogP contribution in [0.25, 0.3) is 0 Å². The zero-order chi connectivity index (χ0) is 9.26. The third-order valence-electron chi connectivity index (χ3n) is 1.78. The van der Waals surface area contributed by atoms with Gasteiger partial charge in [-0.3, -0.25) is 4.79 Å². The summed E-state index contributed by atoms with van der Waals surface area (Å²) < 4.78 is 12.5. The van der Waals surface area contributed by atoms with Gasteiger partial charge in [0.25, 0.3) is 0 Å². The van der Waals surface area contributed by atoms with E-state index in [0.717, 1.165) is 4.90 Å². The van der Waals surface area contributed by atoms with Crippen LogP contribution >= 0.6 is 11.8 Å². The molecule has 1 atom stereocenters. The van der Waals surface area contributed by atoms with Crippen molar-refractivity contribution in [1.82, 2.24) is 5.32 Å². The summed E-state index contributed by atoms with van der Waals surface area (Å²) in [5.41, 5.74) is 0. The molecular formula is C9H8FNOS. The average Bonchev–Trinajstić information content (AvgIpc) is 2.06. The molecule has 1 N–H and O–H groups in total. The van der Waals surface area contributed by atoms with Gasteiger partial charge in [0.05, 0.1) is 11.8 Å². The topological polar surface area (TPSA) is 29.1 Å². The second kappa shape index (κ2) is 3.38. The fourth-order valence-corrected chi connectivity index (χ4v) is 2.12. The highest BCUT2D eigenvalue weighted by Gasteiger charge is 2.25. The van der Waals surface area contributed by atoms with Crippen LogP contribution in [-0.4, -0.2) is 11.3 Å². The number of benzene rings is 1. The number of nitrogens with one attached hydrogen (secondary N) is 1. The Balaban J connectivity index is 1.95. The number of rotatable bonds is 2. The van der Waals surface area contributed by atoms with Crippen molar-refractivity contribution >= 4 is 17.7 Å². The average molecular weight is 197 g/mol. The van der Waals surface area contributed by atoms with Gasteiger partial charge in [0.15, 0.2) is 0 Å². The SMILES string of the molecule is O=C1CC(Sc2ccc(F)cc2)N1. The summed E-state index contributed by atoms with van der Waals surface area (Å²) in [6.07, 6.45) is 0.558. The molecule has 2 nitrogen and oxygen atoms in total. The first-order valence-corrected chi connectivity index (χ1v) is 4.83. The molecule has 1 unspecified atom stereocenters. The van der Waals surface area contributed by atoms with Gasteiger partial charge < -0.3 is 5.32 Å². The molecule has 1 aromatic rings. The van der Waals surface area contributed by atoms with Crippen LogP contribution in [0.4, 0.5) is 4.39 Å². The monoisotopic (exact) mass is 197 g/mol. The molecule has 0 saturated carbocycles. The molecule has 68 valence electrons. The van der Waals surface area contributed by atoms with E-state index in [2.05, 4.69) is 5.32 Å². The van der Waals surface area contributed by atoms with Gasteiger partial charge in [0.1, 0.15) is 5.82 Å². The van der Waals surface area contributed by atoms with Crippen LogP contribution in [0.3, 0.4) is 0 Å². The summed E-state index contributed by atoms with van der Waals surface area (Å²) in [5, 5.41) is 2.90. The number of carbonyl (C=O) groups is 1. The van der Waals surface area contributed by atoms with E-state index < -0.39 is 0 Å². The van der Waals surface area contributed by atoms with Crippen molar-refractivity contribution in [1.29, 1.82) is 0 Å². The lowest BCUT2D eigenvalue weighted by atomic mass is 10.3. The van der Waals surface area contributed by atoms with Crippen molar-refractivity contribution < 1.29 is 9.18 Å². The van der Waals surface area contributed by atoms with Gasteiger partial charge in [-0.2, -0.15) is 0 Å². The van der Waals surface area contributed by atoms with Crippen LogP contribution in [0.1, 0.15) is 6.42 Å². The number of amides is 1. The van der Waals surface area contributed by atoms with Gasteiger partial charge in [-0.1, -0.05) is 0 Å². The Kier molecular flexibility index (Phi) is 2.22. The van der Waals surface area contributed by atoms with Crippen LogP contribution in [0.15, 0.2) is 29.2 Å². The molecule has 0 aliphatic carbocycles. The number of hydrogen-bond donors (Lipinski definition) is 1. The number of halogens is 1. The van der Waals surface area contributed by atoms with E-state index >= 15 is 0 Å². The second-order valence-corrected chi connectivity index (χ2v) is 4.11. The Hall–Kier alpha value is -1.03. The number of carbonyl (C=O) groups excluding carboxylic acids is 1. The highest BCUT2D eigenvalue weighted by Crippen LogP contribution is 2.27. The third kappa shape index (κ3) is 2.01. The molecule has 0 aromatic heterocycles. The molecule has 2 rings (SSSR count). The largest absolute Gasteiger partial charge is 0.343 e. The molecule has 1 aliphatic rings. The third-order valence-corrected chi connectivity index (χ3v) is 2.90. The zero-order valence-corrected chi connectivity index (χ0v) is 7.60. The van der Waals surface area contributed by atoms with E-state index in [1.165, 1.54) is 12.1 Å². The van der Waals surface area contributed by atoms with E-state index in [4.69, 9.17) is 0 Å². The predicted octanol–water partition coefficient (Wildman–Crippen LogP) is 1.76. The number of β-lactam (4-membered cyclic amide) rings is 1. The minimum atomic E-state index is -0.234. The lowest BCUT2D eigenvalue weighted by molar-refractivity contribution is -0.126. The molecule has 1 saturated heterocycles. The lowest BCUT2D eigenvalue weighted by Gasteiger charge is -2.25. The molecule has 13 heavy (non-hydrogen) atoms. The quantitative estimate of drug-likeness (QED) is 0.732. The van der Waals surface area contributed by atoms with Gasteiger partial charge in [-0.25, -0.2) is 4.39 Å². The summed E-state index contributed by atoms with van der Waals surface area (Å²) in [6.45, 7) is 0. The Bertz CT molecular complexity index is 317. The van der Waals surface area contributed by atoms with Crippen LogP contribution < -0.4 is 5.32 Å². The molecule has 1 heterocycles. The maximum Gasteiger partial charge on any atom is 0.223 e. The van der Waals surface area contributed by atoms with Gasteiger partial charge >= 0.3 is 0 Å². The van der Waals surface area contributed by atoms with E-state index in [-0.39, 0.29) is 17.1 Å². The summed E-state index contributed by atoms with van der Waals surface area (Å²) >= 11 is 1.54. The first-order valence-electron chi connectivity index (χ1n) is 3.95. The van der Waals surface area contributed by atoms with Crippen molar-refractivity contribution in [3.05, 3.63) is 30.1 Å². The Morgan fingerprint density at radius 1 is 1.38 bits per heavy atom. The lowest BCUT2D eigenvalue weighted by Crippen LogP contribution is -2.46. The highest BCUT2D eigenvalue weighted by molar-refractivity contribution is 8.00. The van der Waals surface area contributed by atoms with Crippen LogP contribution in [0.5, 0.6) is 0 Å². The second-order valence-electron chi connectivity index (χ2n) is 2.83. The van der Waals surface area contributed by atoms with E-state index in [1.54, 1.807) is 23.9 Å². The van der Waals surface area contributed by atoms with E-state index in [1.807, 2.05) is 0 Å². The Labute approximate surface area is 79.5 Å². The molecule has 4 heteroatoms. The van der Waals surface area contributed by atoms with Crippen molar-refractivity contribution in [2.24, 2.45) is 0 Å². The molecule has 1 aromatic carbocycles. The van der Waals surface area contributed by atoms with Gasteiger partial charge in [-0.15, -0.1) is 11.8 Å². The van der Waals surface area contributed by atoms with E-state index in [0.29, 0.717) is 6.42 Å². The zero-order valence-electron chi connectivity index (χ0n) is 6.79. The Morgan fingerprint density at radius 2 is 2.00 bits per heavy atom. The van der Waals surface area contributed by atoms with Crippen LogP contribution in [-0.2, 0) is 4.79 Å². The maximum absolute atomic E-state index is 12.5. The van der Waals surface area contributed by atoms with Crippen molar-refractivity contribution in [3.8, 4) is 0 Å². The van der Waals surface area contributed by atoms with Crippen molar-refractivity contribution in [2.45, 2.75) is 16.7 Å². The first kappa shape index (κ1) is 8.56.